The van der Waals surface area contributed by atoms with E-state index in [9.17, 15) is 19.5 Å². The molecule has 4 aromatic carbocycles. The smallest absolute Gasteiger partial charge is 0.407 e. The quantitative estimate of drug-likeness (QED) is 0.122. The molecule has 3 aliphatic heterocycles. The maximum atomic E-state index is 13.9. The molecule has 13 nitrogen and oxygen atoms in total. The van der Waals surface area contributed by atoms with Crippen LogP contribution in [0.15, 0.2) is 79.0 Å². The van der Waals surface area contributed by atoms with Crippen molar-refractivity contribution >= 4 is 39.7 Å². The van der Waals surface area contributed by atoms with Crippen LogP contribution in [0.2, 0.25) is 0 Å². The number of hydrogen-bond donors (Lipinski definition) is 4. The van der Waals surface area contributed by atoms with Gasteiger partial charge in [0.15, 0.2) is 0 Å². The van der Waals surface area contributed by atoms with Crippen LogP contribution < -0.4 is 10.5 Å². The number of likely N-dealkylation sites (N-methyl/N-ethyl adjacent to an activating group) is 1. The van der Waals surface area contributed by atoms with Crippen molar-refractivity contribution in [3.63, 3.8) is 0 Å². The van der Waals surface area contributed by atoms with E-state index in [-0.39, 0.29) is 35.9 Å². The molecule has 3 amide bonds. The lowest BCUT2D eigenvalue weighted by molar-refractivity contribution is -0.140. The summed E-state index contributed by atoms with van der Waals surface area (Å²) >= 11 is 0. The Balaban J connectivity index is 0.969. The van der Waals surface area contributed by atoms with Gasteiger partial charge in [-0.3, -0.25) is 14.5 Å². The Morgan fingerprint density at radius 2 is 1.74 bits per heavy atom. The number of likely N-dealkylation sites (tertiary alicyclic amines) is 2. The maximum Gasteiger partial charge on any atom is 0.407 e. The van der Waals surface area contributed by atoms with Crippen LogP contribution in [0.3, 0.4) is 0 Å². The monoisotopic (exact) mass is 780 g/mol. The Morgan fingerprint density at radius 3 is 2.52 bits per heavy atom. The van der Waals surface area contributed by atoms with Crippen LogP contribution in [0.4, 0.5) is 4.79 Å². The summed E-state index contributed by atoms with van der Waals surface area (Å²) in [5.41, 5.74) is 13.9. The van der Waals surface area contributed by atoms with E-state index < -0.39 is 18.2 Å². The van der Waals surface area contributed by atoms with Gasteiger partial charge in [0.2, 0.25) is 11.8 Å². The topological polar surface area (TPSA) is 174 Å². The van der Waals surface area contributed by atoms with E-state index in [0.717, 1.165) is 97.5 Å². The normalized spacial score (nSPS) is 19.9. The summed E-state index contributed by atoms with van der Waals surface area (Å²) in [4.78, 5) is 61.0. The van der Waals surface area contributed by atoms with Crippen LogP contribution in [0.5, 0.6) is 5.75 Å². The van der Waals surface area contributed by atoms with E-state index in [2.05, 4.69) is 46.4 Å². The molecule has 6 aromatic rings. The summed E-state index contributed by atoms with van der Waals surface area (Å²) in [6.45, 7) is 6.78. The molecular formula is C45H48N8O5. The molecule has 58 heavy (non-hydrogen) atoms. The Labute approximate surface area is 336 Å². The van der Waals surface area contributed by atoms with Gasteiger partial charge in [-0.05, 0) is 90.4 Å². The second kappa shape index (κ2) is 14.6. The molecule has 5 N–H and O–H groups in total. The first-order valence-electron chi connectivity index (χ1n) is 20.1. The fourth-order valence-corrected chi connectivity index (χ4v) is 9.37. The van der Waals surface area contributed by atoms with Gasteiger partial charge < -0.3 is 35.3 Å². The predicted octanol–water partition coefficient (Wildman–Crippen LogP) is 7.72. The minimum absolute atomic E-state index is 0.0457. The van der Waals surface area contributed by atoms with Crippen molar-refractivity contribution in [2.45, 2.75) is 83.3 Å². The van der Waals surface area contributed by atoms with Gasteiger partial charge in [0.25, 0.3) is 0 Å². The Morgan fingerprint density at radius 1 is 0.931 bits per heavy atom. The molecule has 3 aliphatic rings. The average molecular weight is 781 g/mol. The third-order valence-corrected chi connectivity index (χ3v) is 12.4. The average Bonchev–Trinajstić information content (AvgIpc) is 4.06. The molecule has 0 spiro atoms. The minimum Gasteiger partial charge on any atom is -0.488 e. The number of imidazole rings is 2. The van der Waals surface area contributed by atoms with Crippen LogP contribution in [-0.2, 0) is 16.2 Å². The van der Waals surface area contributed by atoms with E-state index in [4.69, 9.17) is 20.4 Å². The summed E-state index contributed by atoms with van der Waals surface area (Å²) in [6.07, 6.45) is 3.91. The number of aromatic amines is 2. The van der Waals surface area contributed by atoms with Gasteiger partial charge in [-0.15, -0.1) is 0 Å². The van der Waals surface area contributed by atoms with E-state index in [1.807, 2.05) is 67.0 Å². The number of carboxylic acid groups (broad SMARTS) is 1. The lowest BCUT2D eigenvalue weighted by atomic mass is 9.92. The SMILES string of the molecule is CC(C)[C@@H](C(=O)N1[C@@H](C)CC[C@H]1c1ncc(-c2ccc3c(c2)COc2cc4c(ccc5[nH]c([C@@H]6CCCN6C(=O)[C@H](N)c6ccccc6)nc54)cc2-3)[nH]1)N(C)C(=O)O. The molecule has 298 valence electrons. The maximum absolute atomic E-state index is 13.9. The zero-order chi connectivity index (χ0) is 40.4. The third kappa shape index (κ3) is 6.33. The van der Waals surface area contributed by atoms with E-state index >= 15 is 0 Å². The number of nitrogens with zero attached hydrogens (tertiary/aromatic N) is 5. The van der Waals surface area contributed by atoms with Crippen LogP contribution >= 0.6 is 0 Å². The minimum atomic E-state index is -1.13. The number of carbonyl (C=O) groups is 3. The van der Waals surface area contributed by atoms with Crippen molar-refractivity contribution in [2.75, 3.05) is 13.6 Å². The predicted molar refractivity (Wildman–Crippen MR) is 221 cm³/mol. The van der Waals surface area contributed by atoms with Crippen molar-refractivity contribution < 1.29 is 24.2 Å². The highest BCUT2D eigenvalue weighted by atomic mass is 16.5. The highest BCUT2D eigenvalue weighted by Crippen LogP contribution is 2.44. The molecule has 2 saturated heterocycles. The highest BCUT2D eigenvalue weighted by molar-refractivity contribution is 6.07. The van der Waals surface area contributed by atoms with Crippen LogP contribution in [-0.4, -0.2) is 83.3 Å². The molecule has 2 aromatic heterocycles. The lowest BCUT2D eigenvalue weighted by Gasteiger charge is -2.36. The molecule has 0 bridgehead atoms. The zero-order valence-electron chi connectivity index (χ0n) is 33.1. The second-order valence-electron chi connectivity index (χ2n) is 16.3. The van der Waals surface area contributed by atoms with Crippen molar-refractivity contribution in [3.8, 4) is 28.1 Å². The van der Waals surface area contributed by atoms with Gasteiger partial charge in [0, 0.05) is 30.6 Å². The van der Waals surface area contributed by atoms with Crippen molar-refractivity contribution in [1.82, 2.24) is 34.6 Å². The second-order valence-corrected chi connectivity index (χ2v) is 16.3. The Bertz CT molecular complexity index is 2560. The highest BCUT2D eigenvalue weighted by Gasteiger charge is 2.43. The van der Waals surface area contributed by atoms with Gasteiger partial charge in [-0.2, -0.15) is 0 Å². The van der Waals surface area contributed by atoms with E-state index in [0.29, 0.717) is 19.0 Å². The number of nitrogens with two attached hydrogens (primary N) is 1. The Hall–Kier alpha value is -6.21. The molecular weight excluding hydrogens is 733 g/mol. The molecule has 9 rings (SSSR count). The fourth-order valence-electron chi connectivity index (χ4n) is 9.37. The largest absolute Gasteiger partial charge is 0.488 e. The van der Waals surface area contributed by atoms with Gasteiger partial charge in [-0.25, -0.2) is 14.8 Å². The molecule has 0 saturated carbocycles. The molecule has 5 heterocycles. The number of amides is 3. The molecule has 5 atom stereocenters. The van der Waals surface area contributed by atoms with E-state index in [1.54, 1.807) is 6.20 Å². The lowest BCUT2D eigenvalue weighted by Crippen LogP contribution is -2.53. The number of hydrogen-bond acceptors (Lipinski definition) is 7. The number of fused-ring (bicyclic) bond motifs is 6. The van der Waals surface area contributed by atoms with Gasteiger partial charge in [0.1, 0.15) is 36.1 Å². The summed E-state index contributed by atoms with van der Waals surface area (Å²) in [5.74, 6) is 1.75. The number of ether oxygens (including phenoxy) is 1. The fraction of sp³-hybridized carbons (Fsp3) is 0.356. The summed E-state index contributed by atoms with van der Waals surface area (Å²) in [5, 5.41) is 11.7. The van der Waals surface area contributed by atoms with Crippen molar-refractivity contribution in [2.24, 2.45) is 11.7 Å². The first kappa shape index (κ1) is 37.4. The first-order chi connectivity index (χ1) is 28.0. The molecule has 13 heteroatoms. The van der Waals surface area contributed by atoms with Crippen molar-refractivity contribution in [3.05, 3.63) is 102 Å². The summed E-state index contributed by atoms with van der Waals surface area (Å²) in [6, 6.07) is 22.2. The van der Waals surface area contributed by atoms with Gasteiger partial charge in [0.05, 0.1) is 35.0 Å². The molecule has 2 fully saturated rings. The van der Waals surface area contributed by atoms with Crippen LogP contribution in [0, 0.1) is 5.92 Å². The molecule has 0 unspecified atom stereocenters. The van der Waals surface area contributed by atoms with Gasteiger partial charge in [-0.1, -0.05) is 62.4 Å². The standard InChI is InChI=1S/C45H48N8O5/c1-24(2)40(51(4)45(56)57)44(55)53-25(3)12-17-36(53)41-47-22-34(49-41)28-13-15-30-29(19-28)23-58-37-21-31-27(20-32(30)37)14-16-33-39(31)50-42(48-33)35-11-8-18-52(35)43(54)38(46)26-9-6-5-7-10-26/h5-7,9-10,13-16,19-22,24-25,35-36,38,40H,8,11-12,17-18,23,46H2,1-4H3,(H,47,49)(H,48,50)(H,56,57)/t25-,35-,36-,38+,40-/m0/s1. The third-order valence-electron chi connectivity index (χ3n) is 12.4. The number of aromatic nitrogens is 4. The Kier molecular flexibility index (Phi) is 9.42. The summed E-state index contributed by atoms with van der Waals surface area (Å²) < 4.78 is 6.42. The number of benzene rings is 4. The van der Waals surface area contributed by atoms with Crippen molar-refractivity contribution in [1.29, 1.82) is 0 Å². The zero-order valence-corrected chi connectivity index (χ0v) is 33.1. The molecule has 0 aliphatic carbocycles. The number of carbonyl (C=O) groups excluding carboxylic acids is 2. The number of H-pyrrole nitrogens is 2. The van der Waals surface area contributed by atoms with E-state index in [1.165, 1.54) is 7.05 Å². The first-order valence-corrected chi connectivity index (χ1v) is 20.1. The van der Waals surface area contributed by atoms with Crippen LogP contribution in [0.25, 0.3) is 44.2 Å². The number of nitrogens with one attached hydrogen (secondary N) is 2. The number of rotatable bonds is 8. The van der Waals surface area contributed by atoms with Gasteiger partial charge >= 0.3 is 6.09 Å². The molecule has 0 radical (unpaired) electrons. The van der Waals surface area contributed by atoms with Crippen LogP contribution in [0.1, 0.15) is 87.4 Å². The summed E-state index contributed by atoms with van der Waals surface area (Å²) in [7, 11) is 1.46.